The number of amides is 1. The molecule has 0 heterocycles. The van der Waals surface area contributed by atoms with Gasteiger partial charge in [-0.1, -0.05) is 6.08 Å². The van der Waals surface area contributed by atoms with Gasteiger partial charge in [0.1, 0.15) is 5.60 Å². The molecule has 0 aliphatic rings. The van der Waals surface area contributed by atoms with Crippen molar-refractivity contribution in [2.75, 3.05) is 20.7 Å². The third-order valence-corrected chi connectivity index (χ3v) is 1.79. The largest absolute Gasteiger partial charge is 0.466 e. The van der Waals surface area contributed by atoms with E-state index in [2.05, 4.69) is 4.74 Å². The second-order valence-electron chi connectivity index (χ2n) is 4.62. The molecule has 0 rings (SSSR count). The number of ether oxygens (including phenoxy) is 2. The number of rotatable bonds is 4. The zero-order chi connectivity index (χ0) is 13.5. The van der Waals surface area contributed by atoms with E-state index in [4.69, 9.17) is 4.74 Å². The molecule has 0 saturated heterocycles. The summed E-state index contributed by atoms with van der Waals surface area (Å²) in [6.45, 7) is 5.93. The van der Waals surface area contributed by atoms with Crippen molar-refractivity contribution in [2.45, 2.75) is 32.8 Å². The number of hydrogen-bond donors (Lipinski definition) is 0. The maximum absolute atomic E-state index is 11.5. The molecule has 0 fully saturated rings. The summed E-state index contributed by atoms with van der Waals surface area (Å²) >= 11 is 0. The van der Waals surface area contributed by atoms with Gasteiger partial charge in [0.25, 0.3) is 0 Å². The quantitative estimate of drug-likeness (QED) is 0.559. The Labute approximate surface area is 102 Å². The smallest absolute Gasteiger partial charge is 0.410 e. The molecular weight excluding hydrogens is 222 g/mol. The van der Waals surface area contributed by atoms with Gasteiger partial charge in [-0.15, -0.1) is 0 Å². The highest BCUT2D eigenvalue weighted by atomic mass is 16.6. The lowest BCUT2D eigenvalue weighted by Crippen LogP contribution is -2.34. The van der Waals surface area contributed by atoms with Gasteiger partial charge in [0, 0.05) is 19.7 Å². The first-order chi connectivity index (χ1) is 7.76. The van der Waals surface area contributed by atoms with Gasteiger partial charge >= 0.3 is 12.1 Å². The first kappa shape index (κ1) is 15.5. The Kier molecular flexibility index (Phi) is 6.31. The third kappa shape index (κ3) is 8.30. The lowest BCUT2D eigenvalue weighted by molar-refractivity contribution is -0.134. The highest BCUT2D eigenvalue weighted by Crippen LogP contribution is 2.09. The predicted molar refractivity (Wildman–Crippen MR) is 64.6 cm³/mol. The molecule has 0 aromatic carbocycles. The van der Waals surface area contributed by atoms with E-state index in [0.29, 0.717) is 13.0 Å². The molecule has 0 saturated carbocycles. The molecule has 1 amide bonds. The fourth-order valence-electron chi connectivity index (χ4n) is 0.947. The first-order valence-electron chi connectivity index (χ1n) is 5.45. The Balaban J connectivity index is 3.94. The molecule has 0 radical (unpaired) electrons. The zero-order valence-corrected chi connectivity index (χ0v) is 11.1. The van der Waals surface area contributed by atoms with Gasteiger partial charge in [-0.05, 0) is 27.2 Å². The van der Waals surface area contributed by atoms with Crippen LogP contribution in [-0.2, 0) is 14.3 Å². The standard InChI is InChI=1S/C12H21NO4/c1-12(2,3)17-11(15)13(4)9-7-6-8-10(14)16-5/h6,8H,7,9H2,1-5H3/b8-6+. The van der Waals surface area contributed by atoms with Crippen molar-refractivity contribution in [2.24, 2.45) is 0 Å². The lowest BCUT2D eigenvalue weighted by atomic mass is 10.2. The molecule has 0 aliphatic heterocycles. The number of esters is 1. The molecule has 5 nitrogen and oxygen atoms in total. The molecule has 98 valence electrons. The summed E-state index contributed by atoms with van der Waals surface area (Å²) < 4.78 is 9.61. The fourth-order valence-corrected chi connectivity index (χ4v) is 0.947. The minimum absolute atomic E-state index is 0.371. The van der Waals surface area contributed by atoms with Crippen LogP contribution in [0.15, 0.2) is 12.2 Å². The van der Waals surface area contributed by atoms with E-state index in [0.717, 1.165) is 0 Å². The lowest BCUT2D eigenvalue weighted by Gasteiger charge is -2.24. The van der Waals surface area contributed by atoms with E-state index in [1.165, 1.54) is 18.1 Å². The Morgan fingerprint density at radius 3 is 2.35 bits per heavy atom. The molecule has 0 aromatic rings. The van der Waals surface area contributed by atoms with Gasteiger partial charge in [0.15, 0.2) is 0 Å². The van der Waals surface area contributed by atoms with Gasteiger partial charge < -0.3 is 14.4 Å². The van der Waals surface area contributed by atoms with E-state index in [9.17, 15) is 9.59 Å². The molecule has 0 aromatic heterocycles. The minimum atomic E-state index is -0.493. The zero-order valence-electron chi connectivity index (χ0n) is 11.1. The second kappa shape index (κ2) is 6.93. The Hall–Kier alpha value is -1.52. The monoisotopic (exact) mass is 243 g/mol. The van der Waals surface area contributed by atoms with Gasteiger partial charge in [-0.2, -0.15) is 0 Å². The normalized spacial score (nSPS) is 11.4. The molecule has 0 atom stereocenters. The van der Waals surface area contributed by atoms with Crippen LogP contribution in [0.1, 0.15) is 27.2 Å². The van der Waals surface area contributed by atoms with Crippen LogP contribution in [0.4, 0.5) is 4.79 Å². The van der Waals surface area contributed by atoms with Crippen LogP contribution >= 0.6 is 0 Å². The van der Waals surface area contributed by atoms with Crippen molar-refractivity contribution in [3.63, 3.8) is 0 Å². The number of methoxy groups -OCH3 is 1. The Morgan fingerprint density at radius 1 is 1.29 bits per heavy atom. The second-order valence-corrected chi connectivity index (χ2v) is 4.62. The number of carbonyl (C=O) groups is 2. The topological polar surface area (TPSA) is 55.8 Å². The average molecular weight is 243 g/mol. The van der Waals surface area contributed by atoms with Crippen molar-refractivity contribution in [1.82, 2.24) is 4.90 Å². The third-order valence-electron chi connectivity index (χ3n) is 1.79. The Bertz CT molecular complexity index is 291. The van der Waals surface area contributed by atoms with Crippen LogP contribution in [0.2, 0.25) is 0 Å². The highest BCUT2D eigenvalue weighted by Gasteiger charge is 2.18. The Morgan fingerprint density at radius 2 is 1.88 bits per heavy atom. The van der Waals surface area contributed by atoms with Crippen LogP contribution in [0.3, 0.4) is 0 Å². The SMILES string of the molecule is COC(=O)/C=C/CCN(C)C(=O)OC(C)(C)C. The first-order valence-corrected chi connectivity index (χ1v) is 5.45. The van der Waals surface area contributed by atoms with E-state index < -0.39 is 11.6 Å². The average Bonchev–Trinajstić information content (AvgIpc) is 2.21. The summed E-state index contributed by atoms with van der Waals surface area (Å²) in [5, 5.41) is 0. The maximum atomic E-state index is 11.5. The van der Waals surface area contributed by atoms with Gasteiger partial charge in [0.2, 0.25) is 0 Å². The molecule has 0 aliphatic carbocycles. The molecule has 0 unspecified atom stereocenters. The minimum Gasteiger partial charge on any atom is -0.466 e. The van der Waals surface area contributed by atoms with Crippen LogP contribution in [0.5, 0.6) is 0 Å². The fraction of sp³-hybridized carbons (Fsp3) is 0.667. The van der Waals surface area contributed by atoms with Crippen LogP contribution < -0.4 is 0 Å². The summed E-state index contributed by atoms with van der Waals surface area (Å²) in [4.78, 5) is 23.8. The van der Waals surface area contributed by atoms with Gasteiger partial charge in [-0.25, -0.2) is 9.59 Å². The summed E-state index contributed by atoms with van der Waals surface area (Å²) in [6.07, 6.45) is 3.20. The summed E-state index contributed by atoms with van der Waals surface area (Å²) in [6, 6.07) is 0. The van der Waals surface area contributed by atoms with Crippen molar-refractivity contribution < 1.29 is 19.1 Å². The van der Waals surface area contributed by atoms with Crippen LogP contribution in [0.25, 0.3) is 0 Å². The van der Waals surface area contributed by atoms with Crippen molar-refractivity contribution in [3.8, 4) is 0 Å². The summed E-state index contributed by atoms with van der Waals surface area (Å²) in [5.41, 5.74) is -0.493. The number of hydrogen-bond acceptors (Lipinski definition) is 4. The maximum Gasteiger partial charge on any atom is 0.410 e. The summed E-state index contributed by atoms with van der Waals surface area (Å²) in [7, 11) is 2.97. The van der Waals surface area contributed by atoms with E-state index in [1.807, 2.05) is 20.8 Å². The van der Waals surface area contributed by atoms with Gasteiger partial charge in [-0.3, -0.25) is 0 Å². The molecule has 0 bridgehead atoms. The molecular formula is C12H21NO4. The van der Waals surface area contributed by atoms with Crippen molar-refractivity contribution in [1.29, 1.82) is 0 Å². The van der Waals surface area contributed by atoms with E-state index >= 15 is 0 Å². The number of carbonyl (C=O) groups excluding carboxylic acids is 2. The van der Waals surface area contributed by atoms with Crippen LogP contribution in [-0.4, -0.2) is 43.3 Å². The predicted octanol–water partition coefficient (Wildman–Crippen LogP) is 1.97. The van der Waals surface area contributed by atoms with Crippen molar-refractivity contribution >= 4 is 12.1 Å². The summed E-state index contributed by atoms with van der Waals surface area (Å²) in [5.74, 6) is -0.398. The van der Waals surface area contributed by atoms with Crippen LogP contribution in [0, 0.1) is 0 Å². The number of nitrogens with zero attached hydrogens (tertiary/aromatic N) is 1. The highest BCUT2D eigenvalue weighted by molar-refractivity contribution is 5.81. The molecule has 0 N–H and O–H groups in total. The molecule has 0 spiro atoms. The van der Waals surface area contributed by atoms with E-state index in [-0.39, 0.29) is 6.09 Å². The molecule has 5 heteroatoms. The molecule has 17 heavy (non-hydrogen) atoms. The van der Waals surface area contributed by atoms with Crippen molar-refractivity contribution in [3.05, 3.63) is 12.2 Å². The van der Waals surface area contributed by atoms with E-state index in [1.54, 1.807) is 13.1 Å². The van der Waals surface area contributed by atoms with Gasteiger partial charge in [0.05, 0.1) is 7.11 Å².